The third-order valence-electron chi connectivity index (χ3n) is 2.64. The third kappa shape index (κ3) is 4.58. The number of benzene rings is 1. The van der Waals surface area contributed by atoms with Gasteiger partial charge in [0.2, 0.25) is 0 Å². The van der Waals surface area contributed by atoms with Crippen LogP contribution in [0.3, 0.4) is 0 Å². The molecule has 90 valence electrons. The predicted molar refractivity (Wildman–Crippen MR) is 74.9 cm³/mol. The molecule has 1 aromatic rings. The molecule has 2 N–H and O–H groups in total. The Labute approximate surface area is 104 Å². The molecule has 0 aliphatic rings. The van der Waals surface area contributed by atoms with Crippen molar-refractivity contribution in [1.29, 1.82) is 0 Å². The van der Waals surface area contributed by atoms with Crippen LogP contribution in [0.4, 0.5) is 0 Å². The monoisotopic (exact) mass is 237 g/mol. The van der Waals surface area contributed by atoms with E-state index in [1.807, 2.05) is 11.8 Å². The summed E-state index contributed by atoms with van der Waals surface area (Å²) in [5, 5.41) is 0.457. The highest BCUT2D eigenvalue weighted by Crippen LogP contribution is 2.29. The molecule has 0 aliphatic carbocycles. The molecule has 2 heteroatoms. The average molecular weight is 237 g/mol. The van der Waals surface area contributed by atoms with Crippen molar-refractivity contribution >= 4 is 11.8 Å². The second kappa shape index (κ2) is 6.97. The molecule has 0 amide bonds. The molecule has 0 saturated heterocycles. The second-order valence-corrected chi connectivity index (χ2v) is 6.00. The Hall–Kier alpha value is -0.470. The molecular weight excluding hydrogens is 214 g/mol. The SMILES string of the molecule is Cc1cccc(C(CN)SCCC(C)C)c1. The Morgan fingerprint density at radius 3 is 2.62 bits per heavy atom. The number of hydrogen-bond donors (Lipinski definition) is 1. The summed E-state index contributed by atoms with van der Waals surface area (Å²) >= 11 is 1.99. The van der Waals surface area contributed by atoms with Crippen molar-refractivity contribution in [1.82, 2.24) is 0 Å². The molecule has 0 fully saturated rings. The van der Waals surface area contributed by atoms with Crippen molar-refractivity contribution in [3.63, 3.8) is 0 Å². The molecule has 0 spiro atoms. The van der Waals surface area contributed by atoms with Gasteiger partial charge in [-0.15, -0.1) is 0 Å². The van der Waals surface area contributed by atoms with Crippen molar-refractivity contribution in [3.8, 4) is 0 Å². The third-order valence-corrected chi connectivity index (χ3v) is 3.98. The largest absolute Gasteiger partial charge is 0.329 e. The first kappa shape index (κ1) is 13.6. The summed E-state index contributed by atoms with van der Waals surface area (Å²) in [7, 11) is 0. The molecule has 1 rings (SSSR count). The highest BCUT2D eigenvalue weighted by molar-refractivity contribution is 7.99. The van der Waals surface area contributed by atoms with Crippen LogP contribution in [0.1, 0.15) is 36.6 Å². The molecule has 0 radical (unpaired) electrons. The van der Waals surface area contributed by atoms with Crippen LogP contribution in [-0.2, 0) is 0 Å². The van der Waals surface area contributed by atoms with E-state index in [1.165, 1.54) is 23.3 Å². The molecule has 0 bridgehead atoms. The van der Waals surface area contributed by atoms with Gasteiger partial charge in [-0.25, -0.2) is 0 Å². The molecule has 0 heterocycles. The first-order valence-electron chi connectivity index (χ1n) is 6.01. The summed E-state index contributed by atoms with van der Waals surface area (Å²) in [5.41, 5.74) is 8.54. The molecule has 0 saturated carbocycles. The van der Waals surface area contributed by atoms with Crippen LogP contribution < -0.4 is 5.73 Å². The van der Waals surface area contributed by atoms with Crippen LogP contribution in [0, 0.1) is 12.8 Å². The van der Waals surface area contributed by atoms with Gasteiger partial charge in [0.15, 0.2) is 0 Å². The van der Waals surface area contributed by atoms with Gasteiger partial charge >= 0.3 is 0 Å². The van der Waals surface area contributed by atoms with Gasteiger partial charge in [-0.3, -0.25) is 0 Å². The summed E-state index contributed by atoms with van der Waals surface area (Å²) in [5.74, 6) is 1.98. The van der Waals surface area contributed by atoms with E-state index in [2.05, 4.69) is 45.0 Å². The zero-order valence-corrected chi connectivity index (χ0v) is 11.4. The van der Waals surface area contributed by atoms with E-state index in [1.54, 1.807) is 0 Å². The first-order chi connectivity index (χ1) is 7.63. The summed E-state index contributed by atoms with van der Waals surface area (Å²) < 4.78 is 0. The molecule has 1 nitrogen and oxygen atoms in total. The Morgan fingerprint density at radius 1 is 1.31 bits per heavy atom. The van der Waals surface area contributed by atoms with Gasteiger partial charge in [-0.05, 0) is 30.6 Å². The lowest BCUT2D eigenvalue weighted by Crippen LogP contribution is -2.10. The van der Waals surface area contributed by atoms with Crippen LogP contribution in [-0.4, -0.2) is 12.3 Å². The van der Waals surface area contributed by atoms with E-state index in [9.17, 15) is 0 Å². The van der Waals surface area contributed by atoms with Gasteiger partial charge in [0, 0.05) is 11.8 Å². The first-order valence-corrected chi connectivity index (χ1v) is 7.06. The van der Waals surface area contributed by atoms with Gasteiger partial charge < -0.3 is 5.73 Å². The van der Waals surface area contributed by atoms with Gasteiger partial charge in [-0.1, -0.05) is 43.7 Å². The number of hydrogen-bond acceptors (Lipinski definition) is 2. The van der Waals surface area contributed by atoms with E-state index in [0.717, 1.165) is 12.5 Å². The minimum Gasteiger partial charge on any atom is -0.329 e. The molecule has 1 atom stereocenters. The van der Waals surface area contributed by atoms with Gasteiger partial charge in [0.05, 0.1) is 0 Å². The quantitative estimate of drug-likeness (QED) is 0.815. The van der Waals surface area contributed by atoms with E-state index in [0.29, 0.717) is 5.25 Å². The number of thioether (sulfide) groups is 1. The maximum Gasteiger partial charge on any atom is 0.0419 e. The summed E-state index contributed by atoms with van der Waals surface area (Å²) in [6.07, 6.45) is 1.27. The normalized spacial score (nSPS) is 13.1. The molecule has 0 aromatic heterocycles. The van der Waals surface area contributed by atoms with Crippen molar-refractivity contribution in [2.24, 2.45) is 11.7 Å². The fraction of sp³-hybridized carbons (Fsp3) is 0.571. The summed E-state index contributed by atoms with van der Waals surface area (Å²) in [6.45, 7) is 7.40. The van der Waals surface area contributed by atoms with Gasteiger partial charge in [0.25, 0.3) is 0 Å². The van der Waals surface area contributed by atoms with Crippen molar-refractivity contribution < 1.29 is 0 Å². The van der Waals surface area contributed by atoms with Crippen LogP contribution in [0.5, 0.6) is 0 Å². The van der Waals surface area contributed by atoms with Gasteiger partial charge in [-0.2, -0.15) is 11.8 Å². The standard InChI is InChI=1S/C14H23NS/c1-11(2)7-8-16-14(10-15)13-6-4-5-12(3)9-13/h4-6,9,11,14H,7-8,10,15H2,1-3H3. The molecule has 1 aromatic carbocycles. The molecule has 0 aliphatic heterocycles. The van der Waals surface area contributed by atoms with Gasteiger partial charge in [0.1, 0.15) is 0 Å². The van der Waals surface area contributed by atoms with Crippen molar-refractivity contribution in [2.45, 2.75) is 32.4 Å². The topological polar surface area (TPSA) is 26.0 Å². The van der Waals surface area contributed by atoms with E-state index in [-0.39, 0.29) is 0 Å². The van der Waals surface area contributed by atoms with Crippen molar-refractivity contribution in [3.05, 3.63) is 35.4 Å². The molecule has 1 unspecified atom stereocenters. The Balaban J connectivity index is 2.53. The Kier molecular flexibility index (Phi) is 5.93. The lowest BCUT2D eigenvalue weighted by atomic mass is 10.1. The highest BCUT2D eigenvalue weighted by Gasteiger charge is 2.10. The predicted octanol–water partition coefficient (Wildman–Crippen LogP) is 3.77. The number of aryl methyl sites for hydroxylation is 1. The van der Waals surface area contributed by atoms with E-state index >= 15 is 0 Å². The Morgan fingerprint density at radius 2 is 2.06 bits per heavy atom. The zero-order chi connectivity index (χ0) is 12.0. The minimum atomic E-state index is 0.457. The number of rotatable bonds is 6. The highest BCUT2D eigenvalue weighted by atomic mass is 32.2. The van der Waals surface area contributed by atoms with Crippen LogP contribution >= 0.6 is 11.8 Å². The summed E-state index contributed by atoms with van der Waals surface area (Å²) in [6, 6.07) is 8.69. The lowest BCUT2D eigenvalue weighted by Gasteiger charge is -2.16. The fourth-order valence-electron chi connectivity index (χ4n) is 1.62. The molecular formula is C14H23NS. The van der Waals surface area contributed by atoms with Crippen LogP contribution in [0.25, 0.3) is 0 Å². The summed E-state index contributed by atoms with van der Waals surface area (Å²) in [4.78, 5) is 0. The minimum absolute atomic E-state index is 0.457. The lowest BCUT2D eigenvalue weighted by molar-refractivity contribution is 0.631. The second-order valence-electron chi connectivity index (χ2n) is 4.69. The zero-order valence-electron chi connectivity index (χ0n) is 10.6. The van der Waals surface area contributed by atoms with Crippen molar-refractivity contribution in [2.75, 3.05) is 12.3 Å². The number of nitrogens with two attached hydrogens (primary N) is 1. The maximum absolute atomic E-state index is 5.85. The van der Waals surface area contributed by atoms with E-state index in [4.69, 9.17) is 5.73 Å². The van der Waals surface area contributed by atoms with Crippen LogP contribution in [0.2, 0.25) is 0 Å². The maximum atomic E-state index is 5.85. The smallest absolute Gasteiger partial charge is 0.0419 e. The van der Waals surface area contributed by atoms with E-state index < -0.39 is 0 Å². The van der Waals surface area contributed by atoms with Crippen LogP contribution in [0.15, 0.2) is 24.3 Å². The average Bonchev–Trinajstić information content (AvgIpc) is 2.24. The molecule has 16 heavy (non-hydrogen) atoms. The Bertz CT molecular complexity index is 309. The fourth-order valence-corrected chi connectivity index (χ4v) is 2.98.